The van der Waals surface area contributed by atoms with E-state index in [1.807, 2.05) is 0 Å². The predicted molar refractivity (Wildman–Crippen MR) is 64.8 cm³/mol. The zero-order valence-corrected chi connectivity index (χ0v) is 11.4. The number of carbonyl (C=O) groups excluding carboxylic acids is 1. The largest absolute Gasteiger partial charge is 0.402 e. The van der Waals surface area contributed by atoms with Crippen LogP contribution in [0, 0.1) is 0 Å². The zero-order valence-electron chi connectivity index (χ0n) is 10.6. The lowest BCUT2D eigenvalue weighted by Gasteiger charge is -2.32. The molecule has 1 amide bonds. The predicted octanol–water partition coefficient (Wildman–Crippen LogP) is -1.08. The maximum absolute atomic E-state index is 12.1. The monoisotopic (exact) mass is 318 g/mol. The van der Waals surface area contributed by atoms with Gasteiger partial charge in [0.2, 0.25) is 5.91 Å². The van der Waals surface area contributed by atoms with Crippen LogP contribution in [0.4, 0.5) is 13.2 Å². The van der Waals surface area contributed by atoms with E-state index < -0.39 is 41.4 Å². The van der Waals surface area contributed by atoms with Gasteiger partial charge in [0.25, 0.3) is 10.2 Å². The number of alkyl halides is 3. The van der Waals surface area contributed by atoms with E-state index in [-0.39, 0.29) is 0 Å². The Morgan fingerprint density at radius 1 is 1.35 bits per heavy atom. The van der Waals surface area contributed by atoms with Crippen LogP contribution in [0.15, 0.2) is 0 Å². The smallest absolute Gasteiger partial charge is 0.369 e. The molecule has 0 aromatic rings. The second kappa shape index (κ2) is 6.70. The number of hydrogen-bond donors (Lipinski definition) is 3. The Morgan fingerprint density at radius 3 is 2.35 bits per heavy atom. The fraction of sp³-hybridized carbons (Fsp3) is 0.889. The van der Waals surface area contributed by atoms with Crippen LogP contribution in [0.1, 0.15) is 12.8 Å². The first kappa shape index (κ1) is 17.1. The van der Waals surface area contributed by atoms with Crippen LogP contribution in [0.5, 0.6) is 0 Å². The Labute approximate surface area is 114 Å². The minimum absolute atomic E-state index is 0.403. The van der Waals surface area contributed by atoms with Crippen LogP contribution in [0.3, 0.4) is 0 Å². The van der Waals surface area contributed by atoms with Crippen LogP contribution < -0.4 is 15.8 Å². The van der Waals surface area contributed by atoms with Crippen molar-refractivity contribution in [2.24, 2.45) is 5.73 Å². The lowest BCUT2D eigenvalue weighted by molar-refractivity contribution is -0.121. The van der Waals surface area contributed by atoms with Crippen LogP contribution in [-0.4, -0.2) is 57.0 Å². The molecule has 1 aliphatic heterocycles. The molecule has 0 atom stereocenters. The van der Waals surface area contributed by atoms with Gasteiger partial charge >= 0.3 is 6.18 Å². The summed E-state index contributed by atoms with van der Waals surface area (Å²) >= 11 is 0. The number of primary amides is 1. The molecule has 118 valence electrons. The van der Waals surface area contributed by atoms with Crippen LogP contribution in [0.2, 0.25) is 0 Å². The molecule has 0 bridgehead atoms. The summed E-state index contributed by atoms with van der Waals surface area (Å²) in [4.78, 5) is 11.0. The number of carbonyl (C=O) groups is 1. The van der Waals surface area contributed by atoms with Crippen molar-refractivity contribution in [3.63, 3.8) is 0 Å². The average molecular weight is 318 g/mol. The maximum atomic E-state index is 12.1. The molecule has 0 aromatic carbocycles. The number of hydrogen-bond acceptors (Lipinski definition) is 4. The van der Waals surface area contributed by atoms with Gasteiger partial charge in [-0.25, -0.2) is 0 Å². The van der Waals surface area contributed by atoms with E-state index in [1.165, 1.54) is 4.72 Å². The molecule has 20 heavy (non-hydrogen) atoms. The van der Waals surface area contributed by atoms with E-state index in [0.717, 1.165) is 0 Å². The molecule has 0 spiro atoms. The molecule has 0 radical (unpaired) electrons. The van der Waals surface area contributed by atoms with Gasteiger partial charge in [-0.3, -0.25) is 4.79 Å². The van der Waals surface area contributed by atoms with Gasteiger partial charge < -0.3 is 11.1 Å². The number of amides is 1. The number of halogens is 3. The topological polar surface area (TPSA) is 105 Å². The van der Waals surface area contributed by atoms with Crippen molar-refractivity contribution in [3.05, 3.63) is 0 Å². The number of nitrogens with one attached hydrogen (secondary N) is 2. The van der Waals surface area contributed by atoms with Crippen molar-refractivity contribution < 1.29 is 26.4 Å². The third-order valence-corrected chi connectivity index (χ3v) is 4.35. The second-order valence-corrected chi connectivity index (χ2v) is 6.14. The van der Waals surface area contributed by atoms with E-state index >= 15 is 0 Å². The quantitative estimate of drug-likeness (QED) is 0.579. The van der Waals surface area contributed by atoms with Crippen molar-refractivity contribution in [2.75, 3.05) is 26.2 Å². The Balaban J connectivity index is 2.82. The first-order valence-corrected chi connectivity index (χ1v) is 7.38. The van der Waals surface area contributed by atoms with Crippen LogP contribution >= 0.6 is 0 Å². The molecular formula is C9H17F3N4O3S. The molecule has 7 nitrogen and oxygen atoms in total. The second-order valence-electron chi connectivity index (χ2n) is 4.43. The first-order chi connectivity index (χ1) is 9.12. The molecule has 1 fully saturated rings. The van der Waals surface area contributed by atoms with E-state index in [2.05, 4.69) is 5.32 Å². The minimum atomic E-state index is -4.67. The standard InChI is InChI=1S/C9H17F3N4O3S/c10-9(11,12)6-15-20(18,19)16(5-8(13)17)7-1-3-14-4-2-7/h7,14-15H,1-6H2,(H2,13,17). The molecule has 4 N–H and O–H groups in total. The molecule has 1 saturated heterocycles. The molecule has 0 saturated carbocycles. The summed E-state index contributed by atoms with van der Waals surface area (Å²) < 4.78 is 62.3. The number of rotatable bonds is 6. The Bertz CT molecular complexity index is 434. The van der Waals surface area contributed by atoms with Gasteiger partial charge in [0.1, 0.15) is 6.54 Å². The molecular weight excluding hydrogens is 301 g/mol. The molecule has 11 heteroatoms. The van der Waals surface area contributed by atoms with E-state index in [9.17, 15) is 26.4 Å². The van der Waals surface area contributed by atoms with Gasteiger partial charge in [0.15, 0.2) is 0 Å². The molecule has 1 aliphatic rings. The van der Waals surface area contributed by atoms with Crippen molar-refractivity contribution in [1.82, 2.24) is 14.3 Å². The van der Waals surface area contributed by atoms with Crippen LogP contribution in [0.25, 0.3) is 0 Å². The van der Waals surface area contributed by atoms with Crippen molar-refractivity contribution >= 4 is 16.1 Å². The number of nitrogens with two attached hydrogens (primary N) is 1. The minimum Gasteiger partial charge on any atom is -0.369 e. The van der Waals surface area contributed by atoms with Gasteiger partial charge in [0.05, 0.1) is 6.54 Å². The van der Waals surface area contributed by atoms with Crippen molar-refractivity contribution in [1.29, 1.82) is 0 Å². The van der Waals surface area contributed by atoms with Crippen molar-refractivity contribution in [2.45, 2.75) is 25.1 Å². The third-order valence-electron chi connectivity index (χ3n) is 2.79. The lowest BCUT2D eigenvalue weighted by atomic mass is 10.1. The summed E-state index contributed by atoms with van der Waals surface area (Å²) in [6.07, 6.45) is -3.86. The Morgan fingerprint density at radius 2 is 1.90 bits per heavy atom. The lowest BCUT2D eigenvalue weighted by Crippen LogP contribution is -2.54. The third kappa shape index (κ3) is 5.61. The van der Waals surface area contributed by atoms with Gasteiger partial charge in [-0.15, -0.1) is 0 Å². The summed E-state index contributed by atoms with van der Waals surface area (Å²) in [5.74, 6) is -0.916. The van der Waals surface area contributed by atoms with Gasteiger partial charge in [-0.1, -0.05) is 0 Å². The summed E-state index contributed by atoms with van der Waals surface area (Å²) in [7, 11) is -4.42. The highest BCUT2D eigenvalue weighted by molar-refractivity contribution is 7.87. The molecule has 1 rings (SSSR count). The molecule has 0 aliphatic carbocycles. The summed E-state index contributed by atoms with van der Waals surface area (Å²) in [5, 5.41) is 2.99. The highest BCUT2D eigenvalue weighted by Gasteiger charge is 2.35. The van der Waals surface area contributed by atoms with Gasteiger partial charge in [-0.05, 0) is 25.9 Å². The fourth-order valence-electron chi connectivity index (χ4n) is 1.91. The van der Waals surface area contributed by atoms with Gasteiger partial charge in [0, 0.05) is 6.04 Å². The van der Waals surface area contributed by atoms with Crippen molar-refractivity contribution in [3.8, 4) is 0 Å². The van der Waals surface area contributed by atoms with Crippen LogP contribution in [-0.2, 0) is 15.0 Å². The van der Waals surface area contributed by atoms with Gasteiger partial charge in [-0.2, -0.15) is 30.6 Å². The van der Waals surface area contributed by atoms with E-state index in [0.29, 0.717) is 30.2 Å². The highest BCUT2D eigenvalue weighted by atomic mass is 32.2. The number of nitrogens with zero attached hydrogens (tertiary/aromatic N) is 1. The summed E-state index contributed by atoms with van der Waals surface area (Å²) in [5.41, 5.74) is 4.97. The normalized spacial score (nSPS) is 18.4. The first-order valence-electron chi connectivity index (χ1n) is 5.94. The summed E-state index contributed by atoms with van der Waals surface area (Å²) in [6.45, 7) is -1.28. The van der Waals surface area contributed by atoms with E-state index in [4.69, 9.17) is 5.73 Å². The average Bonchev–Trinajstić information content (AvgIpc) is 2.34. The molecule has 1 heterocycles. The Hall–Kier alpha value is -0.910. The fourth-order valence-corrected chi connectivity index (χ4v) is 3.33. The number of piperidine rings is 1. The zero-order chi connectivity index (χ0) is 15.4. The highest BCUT2D eigenvalue weighted by Crippen LogP contribution is 2.17. The summed E-state index contributed by atoms with van der Waals surface area (Å²) in [6, 6.07) is -0.547. The molecule has 0 unspecified atom stereocenters. The SMILES string of the molecule is NC(=O)CN(C1CCNCC1)S(=O)(=O)NCC(F)(F)F. The maximum Gasteiger partial charge on any atom is 0.402 e. The van der Waals surface area contributed by atoms with E-state index in [1.54, 1.807) is 0 Å². The molecule has 0 aromatic heterocycles. The Kier molecular flexibility index (Phi) is 5.74.